The van der Waals surface area contributed by atoms with Gasteiger partial charge in [-0.1, -0.05) is 44.2 Å². The first-order valence-corrected chi connectivity index (χ1v) is 7.64. The van der Waals surface area contributed by atoms with Gasteiger partial charge in [-0.05, 0) is 17.4 Å². The lowest BCUT2D eigenvalue weighted by Crippen LogP contribution is -2.54. The van der Waals surface area contributed by atoms with Crippen LogP contribution in [0.5, 0.6) is 0 Å². The third kappa shape index (κ3) is 4.29. The number of rotatable bonds is 4. The van der Waals surface area contributed by atoms with Gasteiger partial charge in [0.25, 0.3) is 0 Å². The number of nitrogens with zero attached hydrogens (tertiary/aromatic N) is 2. The second kappa shape index (κ2) is 6.58. The topological polar surface area (TPSA) is 49.6 Å². The van der Waals surface area contributed by atoms with Crippen LogP contribution in [0.2, 0.25) is 0 Å². The van der Waals surface area contributed by atoms with E-state index >= 15 is 0 Å². The number of hydrogen-bond acceptors (Lipinski definition) is 3. The van der Waals surface area contributed by atoms with Crippen molar-refractivity contribution in [2.75, 3.05) is 26.7 Å². The Bertz CT molecular complexity index is 472. The molecule has 1 amide bonds. The molecule has 4 nitrogen and oxygen atoms in total. The first kappa shape index (κ1) is 16.0. The Hall–Kier alpha value is -1.39. The maximum atomic E-state index is 12.4. The van der Waals surface area contributed by atoms with Crippen molar-refractivity contribution in [1.82, 2.24) is 9.80 Å². The van der Waals surface area contributed by atoms with Gasteiger partial charge in [0.1, 0.15) is 0 Å². The van der Waals surface area contributed by atoms with E-state index in [1.54, 1.807) is 4.90 Å². The predicted molar refractivity (Wildman–Crippen MR) is 85.7 cm³/mol. The van der Waals surface area contributed by atoms with E-state index in [9.17, 15) is 4.79 Å². The molecular formula is C17H27N3O. The average Bonchev–Trinajstić information content (AvgIpc) is 2.43. The highest BCUT2D eigenvalue weighted by Gasteiger charge is 2.34. The van der Waals surface area contributed by atoms with Crippen molar-refractivity contribution in [2.24, 2.45) is 11.1 Å². The second-order valence-electron chi connectivity index (χ2n) is 6.83. The van der Waals surface area contributed by atoms with E-state index in [-0.39, 0.29) is 17.4 Å². The Morgan fingerprint density at radius 2 is 2.05 bits per heavy atom. The van der Waals surface area contributed by atoms with Gasteiger partial charge in [0.15, 0.2) is 0 Å². The van der Waals surface area contributed by atoms with Crippen LogP contribution in [-0.2, 0) is 11.3 Å². The number of amides is 1. The van der Waals surface area contributed by atoms with Gasteiger partial charge in [-0.2, -0.15) is 0 Å². The Labute approximate surface area is 127 Å². The summed E-state index contributed by atoms with van der Waals surface area (Å²) in [7, 11) is 1.87. The van der Waals surface area contributed by atoms with Crippen molar-refractivity contribution in [1.29, 1.82) is 0 Å². The number of nitrogens with two attached hydrogens (primary N) is 1. The molecule has 0 bridgehead atoms. The third-order valence-corrected chi connectivity index (χ3v) is 4.44. The zero-order chi connectivity index (χ0) is 15.5. The van der Waals surface area contributed by atoms with Crippen molar-refractivity contribution >= 4 is 5.91 Å². The van der Waals surface area contributed by atoms with Gasteiger partial charge in [0, 0.05) is 32.7 Å². The van der Waals surface area contributed by atoms with Crippen molar-refractivity contribution in [3.05, 3.63) is 35.9 Å². The second-order valence-corrected chi connectivity index (χ2v) is 6.83. The van der Waals surface area contributed by atoms with Crippen LogP contribution in [0, 0.1) is 5.41 Å². The van der Waals surface area contributed by atoms with Gasteiger partial charge in [-0.25, -0.2) is 0 Å². The number of piperidine rings is 1. The minimum atomic E-state index is 0.0799. The quantitative estimate of drug-likeness (QED) is 0.918. The molecule has 2 N–H and O–H groups in total. The summed E-state index contributed by atoms with van der Waals surface area (Å²) >= 11 is 0. The van der Waals surface area contributed by atoms with E-state index in [0.717, 1.165) is 25.1 Å². The molecule has 1 aromatic rings. The van der Waals surface area contributed by atoms with Crippen LogP contribution in [0.15, 0.2) is 30.3 Å². The molecule has 2 rings (SSSR count). The highest BCUT2D eigenvalue weighted by molar-refractivity contribution is 5.78. The largest absolute Gasteiger partial charge is 0.340 e. The summed E-state index contributed by atoms with van der Waals surface area (Å²) in [4.78, 5) is 16.4. The summed E-state index contributed by atoms with van der Waals surface area (Å²) in [6, 6.07) is 10.3. The molecule has 0 aromatic heterocycles. The molecular weight excluding hydrogens is 262 g/mol. The van der Waals surface area contributed by atoms with E-state index in [1.807, 2.05) is 37.4 Å². The Morgan fingerprint density at radius 3 is 2.67 bits per heavy atom. The molecule has 1 atom stereocenters. The Morgan fingerprint density at radius 1 is 1.38 bits per heavy atom. The molecule has 4 heteroatoms. The van der Waals surface area contributed by atoms with Crippen molar-refractivity contribution in [2.45, 2.75) is 32.9 Å². The molecule has 0 radical (unpaired) electrons. The Kier molecular flexibility index (Phi) is 5.01. The number of carbonyl (C=O) groups is 1. The van der Waals surface area contributed by atoms with Gasteiger partial charge in [-0.3, -0.25) is 9.69 Å². The molecule has 1 heterocycles. The monoisotopic (exact) mass is 289 g/mol. The summed E-state index contributed by atoms with van der Waals surface area (Å²) < 4.78 is 0. The molecule has 1 aliphatic heterocycles. The third-order valence-electron chi connectivity index (χ3n) is 4.44. The summed E-state index contributed by atoms with van der Waals surface area (Å²) in [6.07, 6.45) is 0.961. The molecule has 1 saturated heterocycles. The molecule has 0 saturated carbocycles. The summed E-state index contributed by atoms with van der Waals surface area (Å²) in [5.41, 5.74) is 7.39. The van der Waals surface area contributed by atoms with E-state index in [0.29, 0.717) is 13.1 Å². The fourth-order valence-corrected chi connectivity index (χ4v) is 2.88. The minimum absolute atomic E-state index is 0.0799. The van der Waals surface area contributed by atoms with Gasteiger partial charge in [-0.15, -0.1) is 0 Å². The normalized spacial score (nSPS) is 22.0. The van der Waals surface area contributed by atoms with Gasteiger partial charge >= 0.3 is 0 Å². The molecule has 0 aliphatic carbocycles. The van der Waals surface area contributed by atoms with Crippen molar-refractivity contribution in [3.63, 3.8) is 0 Å². The molecule has 1 aromatic carbocycles. The van der Waals surface area contributed by atoms with Gasteiger partial charge in [0.2, 0.25) is 5.91 Å². The van der Waals surface area contributed by atoms with E-state index in [1.165, 1.54) is 0 Å². The van der Waals surface area contributed by atoms with Crippen LogP contribution in [0.1, 0.15) is 25.8 Å². The zero-order valence-electron chi connectivity index (χ0n) is 13.4. The number of carbonyl (C=O) groups excluding carboxylic acids is 1. The molecule has 1 unspecified atom stereocenters. The number of benzene rings is 1. The smallest absolute Gasteiger partial charge is 0.236 e. The maximum absolute atomic E-state index is 12.4. The fourth-order valence-electron chi connectivity index (χ4n) is 2.88. The molecule has 1 fully saturated rings. The Balaban J connectivity index is 1.86. The van der Waals surface area contributed by atoms with Crippen molar-refractivity contribution < 1.29 is 4.79 Å². The molecule has 1 aliphatic rings. The van der Waals surface area contributed by atoms with Crippen LogP contribution < -0.4 is 5.73 Å². The standard InChI is InChI=1S/C17H27N3O/c1-17(2)13-20(10-9-15(17)18)12-16(21)19(3)11-14-7-5-4-6-8-14/h4-8,15H,9-13,18H2,1-3H3. The minimum Gasteiger partial charge on any atom is -0.340 e. The predicted octanol–water partition coefficient (Wildman–Crippen LogP) is 1.70. The SMILES string of the molecule is CN(Cc1ccccc1)C(=O)CN1CCC(N)C(C)(C)C1. The van der Waals surface area contributed by atoms with Crippen LogP contribution >= 0.6 is 0 Å². The zero-order valence-corrected chi connectivity index (χ0v) is 13.4. The fraction of sp³-hybridized carbons (Fsp3) is 0.588. The lowest BCUT2D eigenvalue weighted by atomic mass is 9.80. The number of likely N-dealkylation sites (N-methyl/N-ethyl adjacent to an activating group) is 1. The lowest BCUT2D eigenvalue weighted by Gasteiger charge is -2.42. The van der Waals surface area contributed by atoms with Crippen LogP contribution in [0.25, 0.3) is 0 Å². The van der Waals surface area contributed by atoms with Crippen LogP contribution in [-0.4, -0.2) is 48.4 Å². The first-order valence-electron chi connectivity index (χ1n) is 7.64. The van der Waals surface area contributed by atoms with Gasteiger partial charge < -0.3 is 10.6 Å². The molecule has 21 heavy (non-hydrogen) atoms. The number of likely N-dealkylation sites (tertiary alicyclic amines) is 1. The highest BCUT2D eigenvalue weighted by Crippen LogP contribution is 2.27. The first-order chi connectivity index (χ1) is 9.88. The lowest BCUT2D eigenvalue weighted by molar-refractivity contribution is -0.132. The van der Waals surface area contributed by atoms with Crippen LogP contribution in [0.4, 0.5) is 0 Å². The van der Waals surface area contributed by atoms with Crippen LogP contribution in [0.3, 0.4) is 0 Å². The van der Waals surface area contributed by atoms with Crippen molar-refractivity contribution in [3.8, 4) is 0 Å². The average molecular weight is 289 g/mol. The van der Waals surface area contributed by atoms with E-state index in [2.05, 4.69) is 18.7 Å². The summed E-state index contributed by atoms with van der Waals surface area (Å²) in [6.45, 7) is 7.31. The highest BCUT2D eigenvalue weighted by atomic mass is 16.2. The molecule has 116 valence electrons. The number of hydrogen-bond donors (Lipinski definition) is 1. The maximum Gasteiger partial charge on any atom is 0.236 e. The summed E-state index contributed by atoms with van der Waals surface area (Å²) in [5, 5.41) is 0. The van der Waals surface area contributed by atoms with E-state index < -0.39 is 0 Å². The van der Waals surface area contributed by atoms with E-state index in [4.69, 9.17) is 5.73 Å². The molecule has 0 spiro atoms. The van der Waals surface area contributed by atoms with Gasteiger partial charge in [0.05, 0.1) is 6.54 Å². The summed E-state index contributed by atoms with van der Waals surface area (Å²) in [5.74, 6) is 0.171.